The smallest absolute Gasteiger partial charge is 0.00462 e. The minimum Gasteiger partial charge on any atom is -0.317 e. The summed E-state index contributed by atoms with van der Waals surface area (Å²) in [5, 5.41) is 3.40. The zero-order chi connectivity index (χ0) is 8.93. The van der Waals surface area contributed by atoms with Crippen molar-refractivity contribution in [2.45, 2.75) is 19.3 Å². The third-order valence-corrected chi connectivity index (χ3v) is 2.83. The third-order valence-electron chi connectivity index (χ3n) is 2.83. The SMILES string of the molecule is Br.c1ccc(CC2CCNCC2)cc1. The lowest BCUT2D eigenvalue weighted by Crippen LogP contribution is -2.28. The molecule has 1 fully saturated rings. The Labute approximate surface area is 96.7 Å². The second-order valence-electron chi connectivity index (χ2n) is 3.88. The largest absolute Gasteiger partial charge is 0.317 e. The van der Waals surface area contributed by atoms with Gasteiger partial charge in [0, 0.05) is 0 Å². The summed E-state index contributed by atoms with van der Waals surface area (Å²) < 4.78 is 0. The summed E-state index contributed by atoms with van der Waals surface area (Å²) in [6.07, 6.45) is 3.95. The van der Waals surface area contributed by atoms with E-state index < -0.39 is 0 Å². The zero-order valence-corrected chi connectivity index (χ0v) is 10.1. The van der Waals surface area contributed by atoms with Crippen molar-refractivity contribution in [2.24, 2.45) is 5.92 Å². The minimum absolute atomic E-state index is 0. The fourth-order valence-corrected chi connectivity index (χ4v) is 2.03. The molecule has 2 rings (SSSR count). The number of piperidine rings is 1. The molecule has 0 bridgehead atoms. The van der Waals surface area contributed by atoms with Gasteiger partial charge in [0.05, 0.1) is 0 Å². The van der Waals surface area contributed by atoms with Crippen molar-refractivity contribution in [3.63, 3.8) is 0 Å². The van der Waals surface area contributed by atoms with Crippen LogP contribution in [-0.4, -0.2) is 13.1 Å². The normalized spacial score (nSPS) is 17.4. The molecule has 0 aromatic heterocycles. The van der Waals surface area contributed by atoms with Gasteiger partial charge in [0.25, 0.3) is 0 Å². The van der Waals surface area contributed by atoms with Gasteiger partial charge in [-0.1, -0.05) is 30.3 Å². The molecule has 0 atom stereocenters. The first-order chi connectivity index (χ1) is 6.45. The maximum atomic E-state index is 3.40. The number of benzene rings is 1. The molecular formula is C12H18BrN. The van der Waals surface area contributed by atoms with Crippen LogP contribution < -0.4 is 5.32 Å². The number of halogens is 1. The summed E-state index contributed by atoms with van der Waals surface area (Å²) >= 11 is 0. The zero-order valence-electron chi connectivity index (χ0n) is 8.41. The molecule has 0 aliphatic carbocycles. The Balaban J connectivity index is 0.000000980. The molecule has 0 saturated carbocycles. The Morgan fingerprint density at radius 3 is 2.36 bits per heavy atom. The fraction of sp³-hybridized carbons (Fsp3) is 0.500. The molecule has 0 spiro atoms. The van der Waals surface area contributed by atoms with Gasteiger partial charge in [-0.3, -0.25) is 0 Å². The molecule has 14 heavy (non-hydrogen) atoms. The summed E-state index contributed by atoms with van der Waals surface area (Å²) in [6, 6.07) is 10.8. The Bertz CT molecular complexity index is 242. The van der Waals surface area contributed by atoms with Gasteiger partial charge in [0.1, 0.15) is 0 Å². The van der Waals surface area contributed by atoms with Gasteiger partial charge in [-0.25, -0.2) is 0 Å². The molecule has 0 unspecified atom stereocenters. The molecule has 0 amide bonds. The van der Waals surface area contributed by atoms with Crippen LogP contribution in [0.4, 0.5) is 0 Å². The second-order valence-corrected chi connectivity index (χ2v) is 3.88. The van der Waals surface area contributed by atoms with Gasteiger partial charge in [0.2, 0.25) is 0 Å². The Morgan fingerprint density at radius 2 is 1.71 bits per heavy atom. The number of rotatable bonds is 2. The van der Waals surface area contributed by atoms with E-state index in [0.29, 0.717) is 0 Å². The first-order valence-electron chi connectivity index (χ1n) is 5.20. The molecule has 0 radical (unpaired) electrons. The van der Waals surface area contributed by atoms with E-state index in [1.165, 1.54) is 37.9 Å². The Morgan fingerprint density at radius 1 is 1.07 bits per heavy atom. The molecule has 78 valence electrons. The molecule has 2 heteroatoms. The topological polar surface area (TPSA) is 12.0 Å². The van der Waals surface area contributed by atoms with E-state index in [2.05, 4.69) is 35.6 Å². The molecule has 1 aliphatic heterocycles. The molecule has 1 aromatic rings. The minimum atomic E-state index is 0. The van der Waals surface area contributed by atoms with Crippen LogP contribution in [0.3, 0.4) is 0 Å². The summed E-state index contributed by atoms with van der Waals surface area (Å²) in [6.45, 7) is 2.41. The van der Waals surface area contributed by atoms with Crippen LogP contribution in [0.1, 0.15) is 18.4 Å². The van der Waals surface area contributed by atoms with Crippen LogP contribution in [0.5, 0.6) is 0 Å². The second kappa shape index (κ2) is 6.20. The van der Waals surface area contributed by atoms with E-state index in [9.17, 15) is 0 Å². The average molecular weight is 256 g/mol. The van der Waals surface area contributed by atoms with Gasteiger partial charge < -0.3 is 5.32 Å². The van der Waals surface area contributed by atoms with E-state index in [1.807, 2.05) is 0 Å². The van der Waals surface area contributed by atoms with E-state index >= 15 is 0 Å². The monoisotopic (exact) mass is 255 g/mol. The quantitative estimate of drug-likeness (QED) is 0.858. The Hall–Kier alpha value is -0.340. The van der Waals surface area contributed by atoms with Crippen molar-refractivity contribution in [1.82, 2.24) is 5.32 Å². The predicted octanol–water partition coefficient (Wildman–Crippen LogP) is 2.81. The van der Waals surface area contributed by atoms with Gasteiger partial charge in [-0.05, 0) is 43.8 Å². The van der Waals surface area contributed by atoms with Crippen LogP contribution in [0.25, 0.3) is 0 Å². The van der Waals surface area contributed by atoms with Crippen LogP contribution >= 0.6 is 17.0 Å². The van der Waals surface area contributed by atoms with Crippen molar-refractivity contribution >= 4 is 17.0 Å². The van der Waals surface area contributed by atoms with Crippen molar-refractivity contribution < 1.29 is 0 Å². The lowest BCUT2D eigenvalue weighted by molar-refractivity contribution is 0.372. The molecule has 1 heterocycles. The fourth-order valence-electron chi connectivity index (χ4n) is 2.03. The van der Waals surface area contributed by atoms with Crippen molar-refractivity contribution in [1.29, 1.82) is 0 Å². The van der Waals surface area contributed by atoms with Crippen molar-refractivity contribution in [3.05, 3.63) is 35.9 Å². The standard InChI is InChI=1S/C12H17N.BrH/c1-2-4-11(5-3-1)10-12-6-8-13-9-7-12;/h1-5,12-13H,6-10H2;1H. The van der Waals surface area contributed by atoms with Gasteiger partial charge in [0.15, 0.2) is 0 Å². The summed E-state index contributed by atoms with van der Waals surface area (Å²) in [5.41, 5.74) is 1.49. The maximum Gasteiger partial charge on any atom is -0.00462 e. The summed E-state index contributed by atoms with van der Waals surface area (Å²) in [4.78, 5) is 0. The lowest BCUT2D eigenvalue weighted by atomic mass is 9.91. The van der Waals surface area contributed by atoms with E-state index in [1.54, 1.807) is 0 Å². The van der Waals surface area contributed by atoms with Crippen molar-refractivity contribution in [2.75, 3.05) is 13.1 Å². The average Bonchev–Trinajstić information content (AvgIpc) is 2.21. The first-order valence-corrected chi connectivity index (χ1v) is 5.20. The molecule has 1 nitrogen and oxygen atoms in total. The van der Waals surface area contributed by atoms with Gasteiger partial charge in [-0.2, -0.15) is 0 Å². The molecule has 1 N–H and O–H groups in total. The molecule has 1 aromatic carbocycles. The summed E-state index contributed by atoms with van der Waals surface area (Å²) in [7, 11) is 0. The Kier molecular flexibility index (Phi) is 5.20. The highest BCUT2D eigenvalue weighted by Crippen LogP contribution is 2.17. The predicted molar refractivity (Wildman–Crippen MR) is 66.1 cm³/mol. The number of nitrogens with one attached hydrogen (secondary N) is 1. The summed E-state index contributed by atoms with van der Waals surface area (Å²) in [5.74, 6) is 0.906. The molecule has 1 saturated heterocycles. The first kappa shape index (κ1) is 11.7. The van der Waals surface area contributed by atoms with Crippen LogP contribution in [0, 0.1) is 5.92 Å². The van der Waals surface area contributed by atoms with Crippen molar-refractivity contribution in [3.8, 4) is 0 Å². The van der Waals surface area contributed by atoms with E-state index in [4.69, 9.17) is 0 Å². The highest BCUT2D eigenvalue weighted by Gasteiger charge is 2.12. The highest BCUT2D eigenvalue weighted by molar-refractivity contribution is 8.93. The third kappa shape index (κ3) is 3.43. The van der Waals surface area contributed by atoms with Gasteiger partial charge in [-0.15, -0.1) is 17.0 Å². The maximum absolute atomic E-state index is 3.40. The van der Waals surface area contributed by atoms with E-state index in [-0.39, 0.29) is 17.0 Å². The van der Waals surface area contributed by atoms with Crippen LogP contribution in [-0.2, 0) is 6.42 Å². The van der Waals surface area contributed by atoms with Crippen LogP contribution in [0.2, 0.25) is 0 Å². The van der Waals surface area contributed by atoms with Crippen LogP contribution in [0.15, 0.2) is 30.3 Å². The van der Waals surface area contributed by atoms with Gasteiger partial charge >= 0.3 is 0 Å². The highest BCUT2D eigenvalue weighted by atomic mass is 79.9. The number of hydrogen-bond acceptors (Lipinski definition) is 1. The molecule has 1 aliphatic rings. The number of hydrogen-bond donors (Lipinski definition) is 1. The molecular weight excluding hydrogens is 238 g/mol. The van der Waals surface area contributed by atoms with E-state index in [0.717, 1.165) is 5.92 Å². The lowest BCUT2D eigenvalue weighted by Gasteiger charge is -2.22.